The summed E-state index contributed by atoms with van der Waals surface area (Å²) >= 11 is 1.59. The van der Waals surface area contributed by atoms with Crippen molar-refractivity contribution >= 4 is 23.8 Å². The minimum atomic E-state index is -0.282. The highest BCUT2D eigenvalue weighted by Crippen LogP contribution is 2.23. The molecule has 2 heterocycles. The molecule has 0 bridgehead atoms. The zero-order chi connectivity index (χ0) is 22.9. The molecule has 2 aliphatic rings. The molecule has 1 unspecified atom stereocenters. The quantitative estimate of drug-likeness (QED) is 0.494. The average Bonchev–Trinajstić information content (AvgIpc) is 3.24. The molecule has 0 spiro atoms. The van der Waals surface area contributed by atoms with Crippen LogP contribution >= 0.6 is 11.8 Å². The summed E-state index contributed by atoms with van der Waals surface area (Å²) in [5, 5.41) is 0. The largest absolute Gasteiger partial charge is 0.493 e. The van der Waals surface area contributed by atoms with E-state index in [0.29, 0.717) is 38.6 Å². The molecule has 0 aliphatic carbocycles. The van der Waals surface area contributed by atoms with Crippen LogP contribution in [0.4, 0.5) is 4.79 Å². The molecule has 1 atom stereocenters. The number of thioether (sulfide) groups is 1. The van der Waals surface area contributed by atoms with Crippen molar-refractivity contribution in [3.63, 3.8) is 0 Å². The first-order valence-electron chi connectivity index (χ1n) is 11.4. The number of hydrogen-bond acceptors (Lipinski definition) is 6. The molecule has 2 aliphatic heterocycles. The van der Waals surface area contributed by atoms with Crippen LogP contribution in [-0.4, -0.2) is 78.3 Å². The second-order valence-electron chi connectivity index (χ2n) is 8.11. The maximum atomic E-state index is 12.5. The number of rotatable bonds is 10. The molecule has 2 saturated heterocycles. The van der Waals surface area contributed by atoms with Crippen molar-refractivity contribution in [1.82, 2.24) is 9.80 Å². The number of likely N-dealkylation sites (tertiary alicyclic amines) is 1. The van der Waals surface area contributed by atoms with E-state index < -0.39 is 0 Å². The first kappa shape index (κ1) is 23.3. The van der Waals surface area contributed by atoms with Gasteiger partial charge in [-0.25, -0.2) is 4.79 Å². The Morgan fingerprint density at radius 1 is 0.970 bits per heavy atom. The number of carbonyl (C=O) groups excluding carboxylic acids is 2. The van der Waals surface area contributed by atoms with Crippen LogP contribution in [0.15, 0.2) is 60.7 Å². The first-order chi connectivity index (χ1) is 16.2. The summed E-state index contributed by atoms with van der Waals surface area (Å²) in [5.41, 5.74) is 0. The second kappa shape index (κ2) is 11.8. The third kappa shape index (κ3) is 6.81. The third-order valence-electron chi connectivity index (χ3n) is 5.80. The van der Waals surface area contributed by atoms with Gasteiger partial charge < -0.3 is 24.0 Å². The smallest absolute Gasteiger partial charge is 0.410 e. The van der Waals surface area contributed by atoms with Gasteiger partial charge in [0, 0.05) is 24.9 Å². The summed E-state index contributed by atoms with van der Waals surface area (Å²) < 4.78 is 16.9. The van der Waals surface area contributed by atoms with E-state index in [1.807, 2.05) is 65.6 Å². The van der Waals surface area contributed by atoms with Crippen LogP contribution in [0.2, 0.25) is 0 Å². The van der Waals surface area contributed by atoms with Crippen LogP contribution in [-0.2, 0) is 9.53 Å². The van der Waals surface area contributed by atoms with Crippen LogP contribution < -0.4 is 9.47 Å². The predicted molar refractivity (Wildman–Crippen MR) is 128 cm³/mol. The van der Waals surface area contributed by atoms with Gasteiger partial charge in [-0.3, -0.25) is 4.79 Å². The second-order valence-corrected chi connectivity index (χ2v) is 9.21. The SMILES string of the molecule is O=C(CSCCOc1ccccc1)N1CCC(N2CC(COc3ccccc3)OC2=O)CC1. The zero-order valence-electron chi connectivity index (χ0n) is 18.6. The highest BCUT2D eigenvalue weighted by Gasteiger charge is 2.38. The van der Waals surface area contributed by atoms with Gasteiger partial charge >= 0.3 is 6.09 Å². The first-order valence-corrected chi connectivity index (χ1v) is 12.5. The van der Waals surface area contributed by atoms with Gasteiger partial charge in [-0.1, -0.05) is 36.4 Å². The van der Waals surface area contributed by atoms with Gasteiger partial charge in [0.25, 0.3) is 0 Å². The van der Waals surface area contributed by atoms with E-state index in [4.69, 9.17) is 14.2 Å². The van der Waals surface area contributed by atoms with E-state index in [-0.39, 0.29) is 24.1 Å². The van der Waals surface area contributed by atoms with Crippen molar-refractivity contribution in [3.05, 3.63) is 60.7 Å². The van der Waals surface area contributed by atoms with Crippen molar-refractivity contribution < 1.29 is 23.8 Å². The lowest BCUT2D eigenvalue weighted by Gasteiger charge is -2.35. The summed E-state index contributed by atoms with van der Waals surface area (Å²) in [6.07, 6.45) is 0.992. The summed E-state index contributed by atoms with van der Waals surface area (Å²) in [7, 11) is 0. The van der Waals surface area contributed by atoms with E-state index >= 15 is 0 Å². The fourth-order valence-corrected chi connectivity index (χ4v) is 4.75. The minimum Gasteiger partial charge on any atom is -0.493 e. The van der Waals surface area contributed by atoms with Crippen molar-refractivity contribution in [3.8, 4) is 11.5 Å². The van der Waals surface area contributed by atoms with Gasteiger partial charge in [0.05, 0.1) is 18.9 Å². The van der Waals surface area contributed by atoms with E-state index in [2.05, 4.69) is 0 Å². The third-order valence-corrected chi connectivity index (χ3v) is 6.71. The Hall–Kier alpha value is -2.87. The lowest BCUT2D eigenvalue weighted by molar-refractivity contribution is -0.129. The minimum absolute atomic E-state index is 0.107. The molecule has 176 valence electrons. The standard InChI is InChI=1S/C25H30N2O5S/c28-24(19-33-16-15-30-21-7-3-1-4-8-21)26-13-11-20(12-14-26)27-17-23(32-25(27)29)18-31-22-9-5-2-6-10-22/h1-10,20,23H,11-19H2. The maximum absolute atomic E-state index is 12.5. The Labute approximate surface area is 199 Å². The molecular formula is C25H30N2O5S. The number of nitrogens with zero attached hydrogens (tertiary/aromatic N) is 2. The Kier molecular flexibility index (Phi) is 8.35. The molecule has 33 heavy (non-hydrogen) atoms. The normalized spacial score (nSPS) is 18.8. The number of carbonyl (C=O) groups is 2. The number of para-hydroxylation sites is 2. The Morgan fingerprint density at radius 3 is 2.27 bits per heavy atom. The lowest BCUT2D eigenvalue weighted by Crippen LogP contribution is -2.47. The molecule has 2 aromatic rings. The van der Waals surface area contributed by atoms with Crippen molar-refractivity contribution in [2.24, 2.45) is 0 Å². The molecule has 2 aromatic carbocycles. The predicted octanol–water partition coefficient (Wildman–Crippen LogP) is 3.69. The fraction of sp³-hybridized carbons (Fsp3) is 0.440. The van der Waals surface area contributed by atoms with Crippen LogP contribution in [0.3, 0.4) is 0 Å². The van der Waals surface area contributed by atoms with Crippen LogP contribution in [0.5, 0.6) is 11.5 Å². The molecule has 8 heteroatoms. The van der Waals surface area contributed by atoms with E-state index in [0.717, 1.165) is 30.1 Å². The number of hydrogen-bond donors (Lipinski definition) is 0. The topological polar surface area (TPSA) is 68.3 Å². The van der Waals surface area contributed by atoms with Crippen LogP contribution in [0.25, 0.3) is 0 Å². The van der Waals surface area contributed by atoms with Gasteiger partial charge in [-0.05, 0) is 37.1 Å². The van der Waals surface area contributed by atoms with Crippen molar-refractivity contribution in [2.45, 2.75) is 25.0 Å². The average molecular weight is 471 g/mol. The molecule has 0 saturated carbocycles. The summed E-state index contributed by atoms with van der Waals surface area (Å²) in [6, 6.07) is 19.3. The summed E-state index contributed by atoms with van der Waals surface area (Å²) in [4.78, 5) is 28.6. The molecule has 0 N–H and O–H groups in total. The van der Waals surface area contributed by atoms with E-state index in [9.17, 15) is 9.59 Å². The van der Waals surface area contributed by atoms with Crippen LogP contribution in [0.1, 0.15) is 12.8 Å². The number of benzene rings is 2. The van der Waals surface area contributed by atoms with Crippen molar-refractivity contribution in [1.29, 1.82) is 0 Å². The lowest BCUT2D eigenvalue weighted by atomic mass is 10.0. The molecule has 2 fully saturated rings. The van der Waals surface area contributed by atoms with Gasteiger partial charge in [0.1, 0.15) is 18.1 Å². The number of piperidine rings is 1. The van der Waals surface area contributed by atoms with Gasteiger partial charge in [-0.15, -0.1) is 11.8 Å². The maximum Gasteiger partial charge on any atom is 0.410 e. The molecule has 7 nitrogen and oxygen atoms in total. The van der Waals surface area contributed by atoms with Crippen LogP contribution in [0, 0.1) is 0 Å². The fourth-order valence-electron chi connectivity index (χ4n) is 4.05. The molecule has 0 radical (unpaired) electrons. The van der Waals surface area contributed by atoms with E-state index in [1.54, 1.807) is 16.7 Å². The Morgan fingerprint density at radius 2 is 1.61 bits per heavy atom. The highest BCUT2D eigenvalue weighted by molar-refractivity contribution is 7.99. The molecule has 4 rings (SSSR count). The molecular weight excluding hydrogens is 440 g/mol. The number of cyclic esters (lactones) is 1. The number of ether oxygens (including phenoxy) is 3. The van der Waals surface area contributed by atoms with Gasteiger partial charge in [-0.2, -0.15) is 0 Å². The Bertz CT molecular complexity index is 890. The highest BCUT2D eigenvalue weighted by atomic mass is 32.2. The monoisotopic (exact) mass is 470 g/mol. The van der Waals surface area contributed by atoms with Crippen molar-refractivity contribution in [2.75, 3.05) is 44.4 Å². The Balaban J connectivity index is 1.12. The van der Waals surface area contributed by atoms with Gasteiger partial charge in [0.15, 0.2) is 6.10 Å². The molecule has 2 amide bonds. The molecule has 0 aromatic heterocycles. The summed E-state index contributed by atoms with van der Waals surface area (Å²) in [6.45, 7) is 2.78. The number of amides is 2. The zero-order valence-corrected chi connectivity index (χ0v) is 19.5. The van der Waals surface area contributed by atoms with Gasteiger partial charge in [0.2, 0.25) is 5.91 Å². The summed E-state index contributed by atoms with van der Waals surface area (Å²) in [5.74, 6) is 2.98. The van der Waals surface area contributed by atoms with E-state index in [1.165, 1.54) is 0 Å².